The zero-order valence-electron chi connectivity index (χ0n) is 22.7. The van der Waals surface area contributed by atoms with E-state index in [0.29, 0.717) is 29.7 Å². The number of likely N-dealkylation sites (tertiary alicyclic amines) is 1. The molecule has 2 saturated heterocycles. The molecule has 3 aromatic rings. The second-order valence-electron chi connectivity index (χ2n) is 10.4. The SMILES string of the molecule is CCC(=O)Nc1ccc(Sc2nc(Nc3cc(C)[nH]n3)cc(N3CCC(N4[C@@H](C)CC[C@@H]4C)CC3)n2)cc1. The summed E-state index contributed by atoms with van der Waals surface area (Å²) in [6.45, 7) is 10.5. The van der Waals surface area contributed by atoms with Crippen LogP contribution in [0.25, 0.3) is 0 Å². The van der Waals surface area contributed by atoms with Gasteiger partial charge in [0.05, 0.1) is 0 Å². The lowest BCUT2D eigenvalue weighted by molar-refractivity contribution is -0.115. The lowest BCUT2D eigenvalue weighted by atomic mass is 10.0. The van der Waals surface area contributed by atoms with Crippen LogP contribution < -0.4 is 15.5 Å². The van der Waals surface area contributed by atoms with Gasteiger partial charge in [-0.1, -0.05) is 6.92 Å². The Morgan fingerprint density at radius 2 is 1.74 bits per heavy atom. The standard InChI is InChI=1S/C28H38N8OS/c1-5-27(37)29-21-8-10-23(11-9-21)38-28-31-24(30-25-16-18(2)33-34-25)17-26(32-28)35-14-12-22(13-15-35)36-19(3)6-7-20(36)4/h8-11,16-17,19-20,22H,5-7,12-15H2,1-4H3,(H,29,37)(H2,30,31,32,33,34)/t19-,20-/m0/s1. The van der Waals surface area contributed by atoms with E-state index in [1.807, 2.05) is 50.2 Å². The number of hydrogen-bond donors (Lipinski definition) is 3. The van der Waals surface area contributed by atoms with E-state index in [1.165, 1.54) is 24.6 Å². The average Bonchev–Trinajstić information content (AvgIpc) is 3.48. The number of benzene rings is 1. The molecule has 38 heavy (non-hydrogen) atoms. The van der Waals surface area contributed by atoms with Crippen LogP contribution >= 0.6 is 11.8 Å². The fraction of sp³-hybridized carbons (Fsp3) is 0.500. The van der Waals surface area contributed by atoms with Crippen molar-refractivity contribution >= 4 is 40.8 Å². The fourth-order valence-electron chi connectivity index (χ4n) is 5.59. The Morgan fingerprint density at radius 3 is 2.37 bits per heavy atom. The van der Waals surface area contributed by atoms with Crippen molar-refractivity contribution in [1.29, 1.82) is 0 Å². The number of hydrogen-bond acceptors (Lipinski definition) is 8. The second-order valence-corrected chi connectivity index (χ2v) is 11.5. The number of nitrogens with one attached hydrogen (secondary N) is 3. The minimum Gasteiger partial charge on any atom is -0.356 e. The summed E-state index contributed by atoms with van der Waals surface area (Å²) in [6.07, 6.45) is 5.36. The summed E-state index contributed by atoms with van der Waals surface area (Å²) in [6, 6.07) is 13.8. The maximum atomic E-state index is 11.7. The molecule has 202 valence electrons. The number of anilines is 4. The Balaban J connectivity index is 1.33. The van der Waals surface area contributed by atoms with Crippen molar-refractivity contribution in [2.75, 3.05) is 28.6 Å². The zero-order valence-corrected chi connectivity index (χ0v) is 23.5. The molecular weight excluding hydrogens is 496 g/mol. The lowest BCUT2D eigenvalue weighted by Crippen LogP contribution is -2.48. The van der Waals surface area contributed by atoms with E-state index in [4.69, 9.17) is 9.97 Å². The van der Waals surface area contributed by atoms with Crippen LogP contribution in [-0.4, -0.2) is 62.2 Å². The third-order valence-corrected chi connectivity index (χ3v) is 8.43. The first-order valence-electron chi connectivity index (χ1n) is 13.7. The molecule has 0 saturated carbocycles. The molecule has 0 unspecified atom stereocenters. The van der Waals surface area contributed by atoms with Gasteiger partial charge in [0.2, 0.25) is 5.91 Å². The van der Waals surface area contributed by atoms with Crippen LogP contribution in [0.5, 0.6) is 0 Å². The number of carbonyl (C=O) groups is 1. The molecule has 10 heteroatoms. The van der Waals surface area contributed by atoms with Crippen molar-refractivity contribution < 1.29 is 4.79 Å². The van der Waals surface area contributed by atoms with Gasteiger partial charge in [0.1, 0.15) is 11.6 Å². The van der Waals surface area contributed by atoms with Gasteiger partial charge in [-0.3, -0.25) is 14.8 Å². The first-order chi connectivity index (χ1) is 18.4. The van der Waals surface area contributed by atoms with Gasteiger partial charge in [0.15, 0.2) is 11.0 Å². The highest BCUT2D eigenvalue weighted by Gasteiger charge is 2.35. The van der Waals surface area contributed by atoms with Gasteiger partial charge >= 0.3 is 0 Å². The first kappa shape index (κ1) is 26.5. The average molecular weight is 535 g/mol. The van der Waals surface area contributed by atoms with Crippen molar-refractivity contribution in [3.05, 3.63) is 42.1 Å². The third kappa shape index (κ3) is 6.30. The summed E-state index contributed by atoms with van der Waals surface area (Å²) in [5.41, 5.74) is 1.77. The molecule has 5 rings (SSSR count). The molecule has 2 atom stereocenters. The number of rotatable bonds is 8. The Labute approximate surface area is 229 Å². The number of aromatic amines is 1. The predicted octanol–water partition coefficient (Wildman–Crippen LogP) is 5.59. The van der Waals surface area contributed by atoms with Crippen LogP contribution in [0.4, 0.5) is 23.1 Å². The molecule has 2 fully saturated rings. The zero-order chi connectivity index (χ0) is 26.6. The topological polar surface area (TPSA) is 102 Å². The molecule has 0 spiro atoms. The summed E-state index contributed by atoms with van der Waals surface area (Å²) in [4.78, 5) is 27.6. The molecular formula is C28H38N8OS. The molecule has 1 amide bonds. The smallest absolute Gasteiger partial charge is 0.224 e. The van der Waals surface area contributed by atoms with Crippen LogP contribution in [0, 0.1) is 6.92 Å². The Bertz CT molecular complexity index is 1230. The van der Waals surface area contributed by atoms with Gasteiger partial charge in [-0.15, -0.1) is 0 Å². The Hall–Kier alpha value is -3.11. The largest absolute Gasteiger partial charge is 0.356 e. The number of H-pyrrole nitrogens is 1. The van der Waals surface area contributed by atoms with Gasteiger partial charge in [-0.2, -0.15) is 5.10 Å². The maximum Gasteiger partial charge on any atom is 0.224 e. The number of carbonyl (C=O) groups excluding carboxylic acids is 1. The van der Waals surface area contributed by atoms with Crippen molar-refractivity contribution in [3.8, 4) is 0 Å². The van der Waals surface area contributed by atoms with E-state index in [2.05, 4.69) is 44.5 Å². The van der Waals surface area contributed by atoms with Crippen LogP contribution in [0.2, 0.25) is 0 Å². The molecule has 2 aliphatic heterocycles. The molecule has 4 heterocycles. The summed E-state index contributed by atoms with van der Waals surface area (Å²) >= 11 is 1.51. The van der Waals surface area contributed by atoms with E-state index >= 15 is 0 Å². The van der Waals surface area contributed by atoms with Crippen molar-refractivity contribution in [2.45, 2.75) is 88.0 Å². The van der Waals surface area contributed by atoms with E-state index < -0.39 is 0 Å². The van der Waals surface area contributed by atoms with Crippen LogP contribution in [-0.2, 0) is 4.79 Å². The van der Waals surface area contributed by atoms with Gasteiger partial charge in [-0.25, -0.2) is 9.97 Å². The van der Waals surface area contributed by atoms with Crippen molar-refractivity contribution in [1.82, 2.24) is 25.1 Å². The summed E-state index contributed by atoms with van der Waals surface area (Å²) < 4.78 is 0. The monoisotopic (exact) mass is 534 g/mol. The lowest BCUT2D eigenvalue weighted by Gasteiger charge is -2.41. The number of piperidine rings is 1. The Kier molecular flexibility index (Phi) is 8.18. The summed E-state index contributed by atoms with van der Waals surface area (Å²) in [5.74, 6) is 2.39. The van der Waals surface area contributed by atoms with Crippen LogP contribution in [0.3, 0.4) is 0 Å². The van der Waals surface area contributed by atoms with Gasteiger partial charge in [-0.05, 0) is 82.5 Å². The quantitative estimate of drug-likeness (QED) is 0.321. The summed E-state index contributed by atoms with van der Waals surface area (Å²) in [5, 5.41) is 14.2. The van der Waals surface area contributed by atoms with Crippen LogP contribution in [0.15, 0.2) is 46.5 Å². The minimum atomic E-state index is 0.00294. The number of amides is 1. The normalized spacial score (nSPS) is 20.6. The molecule has 0 aliphatic carbocycles. The minimum absolute atomic E-state index is 0.00294. The second kappa shape index (κ2) is 11.7. The van der Waals surface area contributed by atoms with Gasteiger partial charge in [0.25, 0.3) is 0 Å². The molecule has 0 radical (unpaired) electrons. The van der Waals surface area contributed by atoms with Crippen LogP contribution in [0.1, 0.15) is 58.6 Å². The van der Waals surface area contributed by atoms with Crippen molar-refractivity contribution in [2.24, 2.45) is 0 Å². The van der Waals surface area contributed by atoms with Crippen molar-refractivity contribution in [3.63, 3.8) is 0 Å². The third-order valence-electron chi connectivity index (χ3n) is 7.55. The Morgan fingerprint density at radius 1 is 1.03 bits per heavy atom. The molecule has 1 aromatic carbocycles. The van der Waals surface area contributed by atoms with E-state index in [0.717, 1.165) is 59.7 Å². The molecule has 0 bridgehead atoms. The van der Waals surface area contributed by atoms with Gasteiger partial charge in [0, 0.05) is 66.0 Å². The van der Waals surface area contributed by atoms with E-state index in [-0.39, 0.29) is 5.91 Å². The molecule has 9 nitrogen and oxygen atoms in total. The number of aryl methyl sites for hydroxylation is 1. The van der Waals surface area contributed by atoms with E-state index in [1.54, 1.807) is 0 Å². The van der Waals surface area contributed by atoms with E-state index in [9.17, 15) is 4.79 Å². The summed E-state index contributed by atoms with van der Waals surface area (Å²) in [7, 11) is 0. The highest BCUT2D eigenvalue weighted by atomic mass is 32.2. The highest BCUT2D eigenvalue weighted by Crippen LogP contribution is 2.33. The predicted molar refractivity (Wildman–Crippen MR) is 153 cm³/mol. The first-order valence-corrected chi connectivity index (χ1v) is 14.5. The molecule has 2 aliphatic rings. The molecule has 3 N–H and O–H groups in total. The molecule has 2 aromatic heterocycles. The highest BCUT2D eigenvalue weighted by molar-refractivity contribution is 7.99. The van der Waals surface area contributed by atoms with Gasteiger partial charge < -0.3 is 15.5 Å². The maximum absolute atomic E-state index is 11.7. The number of nitrogens with zero attached hydrogens (tertiary/aromatic N) is 5. The fourth-order valence-corrected chi connectivity index (χ4v) is 6.35. The number of aromatic nitrogens is 4.